The second-order valence-electron chi connectivity index (χ2n) is 4.75. The molecule has 2 rings (SSSR count). The number of ether oxygens (including phenoxy) is 1. The van der Waals surface area contributed by atoms with E-state index in [1.165, 1.54) is 7.11 Å². The van der Waals surface area contributed by atoms with Crippen LogP contribution in [0.2, 0.25) is 5.02 Å². The number of anilines is 1. The van der Waals surface area contributed by atoms with E-state index in [1.807, 2.05) is 0 Å². The molecule has 0 aromatic heterocycles. The average Bonchev–Trinajstić information content (AvgIpc) is 2.91. The summed E-state index contributed by atoms with van der Waals surface area (Å²) in [6.07, 6.45) is 4.04. The molecule has 1 fully saturated rings. The summed E-state index contributed by atoms with van der Waals surface area (Å²) in [6.45, 7) is 0. The summed E-state index contributed by atoms with van der Waals surface area (Å²) >= 11 is 5.87. The Balaban J connectivity index is 1.99. The van der Waals surface area contributed by atoms with Crippen molar-refractivity contribution >= 4 is 29.1 Å². The first-order valence-electron chi connectivity index (χ1n) is 6.55. The fourth-order valence-corrected chi connectivity index (χ4v) is 2.45. The molecule has 0 unspecified atom stereocenters. The summed E-state index contributed by atoms with van der Waals surface area (Å²) in [5.41, 5.74) is 0.381. The van der Waals surface area contributed by atoms with Crippen molar-refractivity contribution in [2.75, 3.05) is 12.4 Å². The Morgan fingerprint density at radius 1 is 1.25 bits per heavy atom. The molecule has 0 spiro atoms. The van der Waals surface area contributed by atoms with Crippen molar-refractivity contribution in [1.29, 1.82) is 0 Å². The van der Waals surface area contributed by atoms with Crippen LogP contribution in [0, 0.1) is 0 Å². The highest BCUT2D eigenvalue weighted by Gasteiger charge is 2.22. The number of methoxy groups -OCH3 is 1. The van der Waals surface area contributed by atoms with Gasteiger partial charge in [0.15, 0.2) is 0 Å². The maximum absolute atomic E-state index is 11.9. The van der Waals surface area contributed by atoms with Crippen molar-refractivity contribution in [2.24, 2.45) is 0 Å². The number of hydrogen-bond donors (Lipinski definition) is 2. The molecule has 1 aliphatic carbocycles. The summed E-state index contributed by atoms with van der Waals surface area (Å²) in [5, 5.41) is 5.70. The van der Waals surface area contributed by atoms with Gasteiger partial charge < -0.3 is 15.4 Å². The molecule has 5 nitrogen and oxygen atoms in total. The molecule has 20 heavy (non-hydrogen) atoms. The van der Waals surface area contributed by atoms with Gasteiger partial charge in [-0.1, -0.05) is 24.4 Å². The minimum Gasteiger partial charge on any atom is -0.495 e. The van der Waals surface area contributed by atoms with Gasteiger partial charge in [0.25, 0.3) is 0 Å². The molecule has 1 saturated carbocycles. The van der Waals surface area contributed by atoms with Gasteiger partial charge in [-0.05, 0) is 31.0 Å². The van der Waals surface area contributed by atoms with Crippen LogP contribution < -0.4 is 15.4 Å². The van der Waals surface area contributed by atoms with Crippen LogP contribution in [0.4, 0.5) is 5.69 Å². The molecule has 1 aromatic carbocycles. The molecule has 0 radical (unpaired) electrons. The van der Waals surface area contributed by atoms with Crippen molar-refractivity contribution in [3.8, 4) is 5.75 Å². The lowest BCUT2D eigenvalue weighted by molar-refractivity contribution is -0.136. The Kier molecular flexibility index (Phi) is 4.84. The predicted molar refractivity (Wildman–Crippen MR) is 77.0 cm³/mol. The zero-order valence-corrected chi connectivity index (χ0v) is 12.0. The number of carbonyl (C=O) groups is 2. The summed E-state index contributed by atoms with van der Waals surface area (Å²) in [4.78, 5) is 23.6. The largest absolute Gasteiger partial charge is 0.495 e. The molecule has 2 amide bonds. The fraction of sp³-hybridized carbons (Fsp3) is 0.429. The molecule has 0 atom stereocenters. The van der Waals surface area contributed by atoms with Crippen molar-refractivity contribution < 1.29 is 14.3 Å². The number of rotatable bonds is 3. The van der Waals surface area contributed by atoms with Gasteiger partial charge in [-0.2, -0.15) is 0 Å². The number of nitrogens with one attached hydrogen (secondary N) is 2. The molecular weight excluding hydrogens is 280 g/mol. The first kappa shape index (κ1) is 14.7. The molecule has 108 valence electrons. The quantitative estimate of drug-likeness (QED) is 0.841. The minimum atomic E-state index is -0.711. The first-order valence-corrected chi connectivity index (χ1v) is 6.93. The summed E-state index contributed by atoms with van der Waals surface area (Å²) < 4.78 is 5.11. The lowest BCUT2D eigenvalue weighted by Gasteiger charge is -2.13. The van der Waals surface area contributed by atoms with E-state index in [4.69, 9.17) is 16.3 Å². The lowest BCUT2D eigenvalue weighted by atomic mass is 10.2. The Bertz CT molecular complexity index is 513. The fourth-order valence-electron chi connectivity index (χ4n) is 2.28. The van der Waals surface area contributed by atoms with Crippen LogP contribution in [0.25, 0.3) is 0 Å². The van der Waals surface area contributed by atoms with Crippen molar-refractivity contribution in [3.63, 3.8) is 0 Å². The van der Waals surface area contributed by atoms with Gasteiger partial charge in [0.2, 0.25) is 0 Å². The maximum Gasteiger partial charge on any atom is 0.313 e. The standard InChI is InChI=1S/C14H17ClN2O3/c1-20-12-7-6-9(15)8-11(12)17-14(19)13(18)16-10-4-2-3-5-10/h6-8,10H,2-5H2,1H3,(H,16,18)(H,17,19). The van der Waals surface area contributed by atoms with Crippen molar-refractivity contribution in [2.45, 2.75) is 31.7 Å². The van der Waals surface area contributed by atoms with Gasteiger partial charge in [-0.15, -0.1) is 0 Å². The van der Waals surface area contributed by atoms with E-state index in [-0.39, 0.29) is 6.04 Å². The van der Waals surface area contributed by atoms with Gasteiger partial charge in [0.1, 0.15) is 5.75 Å². The monoisotopic (exact) mass is 296 g/mol. The number of amides is 2. The Hall–Kier alpha value is -1.75. The van der Waals surface area contributed by atoms with Crippen LogP contribution in [0.1, 0.15) is 25.7 Å². The Morgan fingerprint density at radius 3 is 2.60 bits per heavy atom. The van der Waals surface area contributed by atoms with Crippen molar-refractivity contribution in [1.82, 2.24) is 5.32 Å². The first-order chi connectivity index (χ1) is 9.60. The van der Waals surface area contributed by atoms with Crippen LogP contribution in [-0.4, -0.2) is 25.0 Å². The molecule has 0 aliphatic heterocycles. The van der Waals surface area contributed by atoms with E-state index in [1.54, 1.807) is 18.2 Å². The summed E-state index contributed by atoms with van der Waals surface area (Å²) in [5.74, 6) is -0.882. The van der Waals surface area contributed by atoms with Crippen LogP contribution >= 0.6 is 11.6 Å². The third kappa shape index (κ3) is 3.63. The van der Waals surface area contributed by atoms with Gasteiger partial charge in [-0.3, -0.25) is 9.59 Å². The smallest absolute Gasteiger partial charge is 0.313 e. The van der Waals surface area contributed by atoms with Gasteiger partial charge in [0, 0.05) is 11.1 Å². The van der Waals surface area contributed by atoms with E-state index in [0.29, 0.717) is 16.5 Å². The molecule has 1 aromatic rings. The molecule has 0 bridgehead atoms. The molecular formula is C14H17ClN2O3. The van der Waals surface area contributed by atoms with Gasteiger partial charge in [-0.25, -0.2) is 0 Å². The third-order valence-corrected chi connectivity index (χ3v) is 3.54. The highest BCUT2D eigenvalue weighted by molar-refractivity contribution is 6.40. The molecule has 1 aliphatic rings. The average molecular weight is 297 g/mol. The van der Waals surface area contributed by atoms with E-state index >= 15 is 0 Å². The van der Waals surface area contributed by atoms with Crippen LogP contribution in [0.3, 0.4) is 0 Å². The lowest BCUT2D eigenvalue weighted by Crippen LogP contribution is -2.40. The molecule has 6 heteroatoms. The zero-order chi connectivity index (χ0) is 14.5. The highest BCUT2D eigenvalue weighted by Crippen LogP contribution is 2.27. The molecule has 0 saturated heterocycles. The van der Waals surface area contributed by atoms with E-state index in [0.717, 1.165) is 25.7 Å². The Labute approximate surface area is 122 Å². The minimum absolute atomic E-state index is 0.106. The number of carbonyl (C=O) groups excluding carboxylic acids is 2. The van der Waals surface area contributed by atoms with Gasteiger partial charge in [0.05, 0.1) is 12.8 Å². The van der Waals surface area contributed by atoms with Crippen molar-refractivity contribution in [3.05, 3.63) is 23.2 Å². The molecule has 0 heterocycles. The van der Waals surface area contributed by atoms with E-state index in [2.05, 4.69) is 10.6 Å². The maximum atomic E-state index is 11.9. The van der Waals surface area contributed by atoms with Crippen LogP contribution in [0.15, 0.2) is 18.2 Å². The second-order valence-corrected chi connectivity index (χ2v) is 5.19. The third-order valence-electron chi connectivity index (χ3n) is 3.31. The van der Waals surface area contributed by atoms with E-state index in [9.17, 15) is 9.59 Å². The number of halogens is 1. The van der Waals surface area contributed by atoms with Crippen LogP contribution in [-0.2, 0) is 9.59 Å². The number of benzene rings is 1. The normalized spacial score (nSPS) is 14.9. The van der Waals surface area contributed by atoms with Gasteiger partial charge >= 0.3 is 11.8 Å². The number of hydrogen-bond acceptors (Lipinski definition) is 3. The summed E-state index contributed by atoms with van der Waals surface area (Å²) in [6, 6.07) is 4.93. The van der Waals surface area contributed by atoms with E-state index < -0.39 is 11.8 Å². The predicted octanol–water partition coefficient (Wildman–Crippen LogP) is 2.35. The molecule has 2 N–H and O–H groups in total. The SMILES string of the molecule is COc1ccc(Cl)cc1NC(=O)C(=O)NC1CCCC1. The Morgan fingerprint density at radius 2 is 1.95 bits per heavy atom. The highest BCUT2D eigenvalue weighted by atomic mass is 35.5. The van der Waals surface area contributed by atoms with Crippen LogP contribution in [0.5, 0.6) is 5.75 Å². The zero-order valence-electron chi connectivity index (χ0n) is 11.2. The second kappa shape index (κ2) is 6.61. The topological polar surface area (TPSA) is 67.4 Å². The summed E-state index contributed by atoms with van der Waals surface area (Å²) in [7, 11) is 1.48.